The summed E-state index contributed by atoms with van der Waals surface area (Å²) in [7, 11) is 3.99. The number of nitrogens with one attached hydrogen (secondary N) is 1. The highest BCUT2D eigenvalue weighted by molar-refractivity contribution is 5.90. The van der Waals surface area contributed by atoms with E-state index in [-0.39, 0.29) is 11.8 Å². The van der Waals surface area contributed by atoms with Crippen LogP contribution in [0.2, 0.25) is 0 Å². The van der Waals surface area contributed by atoms with Crippen LogP contribution in [0.4, 0.5) is 11.4 Å². The molecular formula is C19H29N3O2. The number of carbonyl (C=O) groups excluding carboxylic acids is 2. The summed E-state index contributed by atoms with van der Waals surface area (Å²) in [6.07, 6.45) is 3.42. The number of rotatable bonds is 8. The van der Waals surface area contributed by atoms with E-state index in [0.29, 0.717) is 25.3 Å². The molecule has 1 aromatic carbocycles. The quantitative estimate of drug-likeness (QED) is 0.795. The van der Waals surface area contributed by atoms with Crippen LogP contribution in [0.25, 0.3) is 0 Å². The van der Waals surface area contributed by atoms with Crippen molar-refractivity contribution in [2.75, 3.05) is 30.9 Å². The standard InChI is InChI=1S/C19H29N3O2/c1-5-18(23)20-16-9-10-17(21(3)4)15(11-16)13-22(19(24)6-2)12-14-7-8-14/h9-11,14H,5-8,12-13H2,1-4H3,(H,20,23). The molecule has 0 aliphatic heterocycles. The largest absolute Gasteiger partial charge is 0.377 e. The van der Waals surface area contributed by atoms with Crippen molar-refractivity contribution in [3.8, 4) is 0 Å². The lowest BCUT2D eigenvalue weighted by molar-refractivity contribution is -0.131. The first-order chi connectivity index (χ1) is 11.4. The molecule has 0 saturated heterocycles. The zero-order valence-corrected chi connectivity index (χ0v) is 15.3. The van der Waals surface area contributed by atoms with Gasteiger partial charge in [-0.3, -0.25) is 9.59 Å². The second-order valence-corrected chi connectivity index (χ2v) is 6.71. The number of hydrogen-bond donors (Lipinski definition) is 1. The number of anilines is 2. The molecule has 1 N–H and O–H groups in total. The number of benzene rings is 1. The minimum atomic E-state index is -0.00183. The van der Waals surface area contributed by atoms with Crippen LogP contribution >= 0.6 is 0 Å². The van der Waals surface area contributed by atoms with Crippen molar-refractivity contribution in [3.63, 3.8) is 0 Å². The SMILES string of the molecule is CCC(=O)Nc1ccc(N(C)C)c(CN(CC2CC2)C(=O)CC)c1. The van der Waals surface area contributed by atoms with Crippen LogP contribution in [-0.4, -0.2) is 37.4 Å². The van der Waals surface area contributed by atoms with E-state index < -0.39 is 0 Å². The van der Waals surface area contributed by atoms with Crippen molar-refractivity contribution in [1.82, 2.24) is 4.90 Å². The summed E-state index contributed by atoms with van der Waals surface area (Å²) in [6, 6.07) is 5.91. The third-order valence-corrected chi connectivity index (χ3v) is 4.36. The fourth-order valence-electron chi connectivity index (χ4n) is 2.77. The second kappa shape index (κ2) is 8.18. The fraction of sp³-hybridized carbons (Fsp3) is 0.579. The Balaban J connectivity index is 2.24. The molecule has 0 bridgehead atoms. The van der Waals surface area contributed by atoms with Crippen molar-refractivity contribution >= 4 is 23.2 Å². The molecule has 1 fully saturated rings. The van der Waals surface area contributed by atoms with Gasteiger partial charge in [0, 0.05) is 51.4 Å². The lowest BCUT2D eigenvalue weighted by Crippen LogP contribution is -2.32. The maximum atomic E-state index is 12.3. The molecule has 0 radical (unpaired) electrons. The molecule has 0 atom stereocenters. The molecule has 1 aromatic rings. The average Bonchev–Trinajstić information content (AvgIpc) is 3.37. The number of nitrogens with zero attached hydrogens (tertiary/aromatic N) is 2. The Labute approximate surface area is 145 Å². The van der Waals surface area contributed by atoms with Crippen LogP contribution in [0.5, 0.6) is 0 Å². The third kappa shape index (κ3) is 4.98. The summed E-state index contributed by atoms with van der Waals surface area (Å²) in [5.41, 5.74) is 2.93. The first-order valence-corrected chi connectivity index (χ1v) is 8.82. The third-order valence-electron chi connectivity index (χ3n) is 4.36. The molecule has 2 rings (SSSR count). The molecule has 0 aromatic heterocycles. The summed E-state index contributed by atoms with van der Waals surface area (Å²) in [5.74, 6) is 0.846. The second-order valence-electron chi connectivity index (χ2n) is 6.71. The predicted molar refractivity (Wildman–Crippen MR) is 98.1 cm³/mol. The van der Waals surface area contributed by atoms with E-state index in [4.69, 9.17) is 0 Å². The molecular weight excluding hydrogens is 302 g/mol. The molecule has 1 saturated carbocycles. The van der Waals surface area contributed by atoms with Crippen molar-refractivity contribution in [3.05, 3.63) is 23.8 Å². The van der Waals surface area contributed by atoms with E-state index in [1.807, 2.05) is 55.9 Å². The van der Waals surface area contributed by atoms with Gasteiger partial charge in [0.1, 0.15) is 0 Å². The van der Waals surface area contributed by atoms with Crippen molar-refractivity contribution in [2.24, 2.45) is 5.92 Å². The molecule has 0 heterocycles. The van der Waals surface area contributed by atoms with Crippen molar-refractivity contribution in [2.45, 2.75) is 46.1 Å². The number of carbonyl (C=O) groups is 2. The summed E-state index contributed by atoms with van der Waals surface area (Å²) in [5, 5.41) is 2.91. The summed E-state index contributed by atoms with van der Waals surface area (Å²) in [4.78, 5) is 28.0. The van der Waals surface area contributed by atoms with Crippen molar-refractivity contribution in [1.29, 1.82) is 0 Å². The summed E-state index contributed by atoms with van der Waals surface area (Å²) in [6.45, 7) is 5.17. The van der Waals surface area contributed by atoms with Gasteiger partial charge < -0.3 is 15.1 Å². The lowest BCUT2D eigenvalue weighted by Gasteiger charge is -2.26. The molecule has 5 heteroatoms. The van der Waals surface area contributed by atoms with Crippen LogP contribution in [0.3, 0.4) is 0 Å². The zero-order chi connectivity index (χ0) is 17.7. The first kappa shape index (κ1) is 18.3. The molecule has 24 heavy (non-hydrogen) atoms. The van der Waals surface area contributed by atoms with E-state index in [9.17, 15) is 9.59 Å². The zero-order valence-electron chi connectivity index (χ0n) is 15.3. The van der Waals surface area contributed by atoms with Gasteiger partial charge in [0.25, 0.3) is 0 Å². The Bertz CT molecular complexity index is 594. The van der Waals surface area contributed by atoms with E-state index in [0.717, 1.165) is 23.5 Å². The minimum Gasteiger partial charge on any atom is -0.377 e. The highest BCUT2D eigenvalue weighted by atomic mass is 16.2. The van der Waals surface area contributed by atoms with E-state index >= 15 is 0 Å². The van der Waals surface area contributed by atoms with Gasteiger partial charge in [0.15, 0.2) is 0 Å². The normalized spacial score (nSPS) is 13.5. The van der Waals surface area contributed by atoms with E-state index in [1.165, 1.54) is 12.8 Å². The molecule has 1 aliphatic rings. The maximum Gasteiger partial charge on any atom is 0.224 e. The molecule has 5 nitrogen and oxygen atoms in total. The van der Waals surface area contributed by atoms with Gasteiger partial charge in [-0.15, -0.1) is 0 Å². The maximum absolute atomic E-state index is 12.3. The first-order valence-electron chi connectivity index (χ1n) is 8.82. The lowest BCUT2D eigenvalue weighted by atomic mass is 10.1. The van der Waals surface area contributed by atoms with Gasteiger partial charge in [0.05, 0.1) is 0 Å². The average molecular weight is 331 g/mol. The Morgan fingerprint density at radius 3 is 2.42 bits per heavy atom. The van der Waals surface area contributed by atoms with Crippen LogP contribution in [0.1, 0.15) is 45.1 Å². The fourth-order valence-corrected chi connectivity index (χ4v) is 2.77. The molecule has 0 spiro atoms. The van der Waals surface area contributed by atoms with Crippen LogP contribution in [0, 0.1) is 5.92 Å². The van der Waals surface area contributed by atoms with Gasteiger partial charge in [-0.2, -0.15) is 0 Å². The van der Waals surface area contributed by atoms with Gasteiger partial charge >= 0.3 is 0 Å². The van der Waals surface area contributed by atoms with Gasteiger partial charge in [0.2, 0.25) is 11.8 Å². The summed E-state index contributed by atoms with van der Waals surface area (Å²) < 4.78 is 0. The highest BCUT2D eigenvalue weighted by Gasteiger charge is 2.26. The molecule has 1 aliphatic carbocycles. The Morgan fingerprint density at radius 1 is 1.17 bits per heavy atom. The highest BCUT2D eigenvalue weighted by Crippen LogP contribution is 2.31. The van der Waals surface area contributed by atoms with Crippen LogP contribution in [0.15, 0.2) is 18.2 Å². The minimum absolute atomic E-state index is 0.00183. The Morgan fingerprint density at radius 2 is 1.88 bits per heavy atom. The van der Waals surface area contributed by atoms with Crippen LogP contribution in [-0.2, 0) is 16.1 Å². The number of hydrogen-bond acceptors (Lipinski definition) is 3. The molecule has 0 unspecified atom stereocenters. The van der Waals surface area contributed by atoms with Gasteiger partial charge in [-0.25, -0.2) is 0 Å². The monoisotopic (exact) mass is 331 g/mol. The summed E-state index contributed by atoms with van der Waals surface area (Å²) >= 11 is 0. The molecule has 132 valence electrons. The van der Waals surface area contributed by atoms with Gasteiger partial charge in [-0.05, 0) is 42.5 Å². The Hall–Kier alpha value is -2.04. The van der Waals surface area contributed by atoms with E-state index in [1.54, 1.807) is 0 Å². The smallest absolute Gasteiger partial charge is 0.224 e. The van der Waals surface area contributed by atoms with Crippen molar-refractivity contribution < 1.29 is 9.59 Å². The van der Waals surface area contributed by atoms with E-state index in [2.05, 4.69) is 5.32 Å². The topological polar surface area (TPSA) is 52.7 Å². The van der Waals surface area contributed by atoms with Gasteiger partial charge in [-0.1, -0.05) is 13.8 Å². The molecule has 2 amide bonds. The Kier molecular flexibility index (Phi) is 6.23. The van der Waals surface area contributed by atoms with Crippen LogP contribution < -0.4 is 10.2 Å². The number of amides is 2. The predicted octanol–water partition coefficient (Wildman–Crippen LogP) is 3.25.